The van der Waals surface area contributed by atoms with Gasteiger partial charge in [-0.25, -0.2) is 0 Å². The first-order chi connectivity index (χ1) is 14.6. The first-order valence-electron chi connectivity index (χ1n) is 10.2. The number of hydrogen-bond acceptors (Lipinski definition) is 5. The van der Waals surface area contributed by atoms with Gasteiger partial charge in [0.25, 0.3) is 0 Å². The number of carbonyl (C=O) groups is 5. The number of carboxylic acid groups (broad SMARTS) is 1. The molecule has 1 fully saturated rings. The van der Waals surface area contributed by atoms with Crippen LogP contribution in [-0.4, -0.2) is 64.7 Å². The second-order valence-corrected chi connectivity index (χ2v) is 7.99. The average Bonchev–Trinajstić information content (AvgIpc) is 3.20. The number of likely N-dealkylation sites (tertiary alicyclic amines) is 1. The summed E-state index contributed by atoms with van der Waals surface area (Å²) < 4.78 is 0. The summed E-state index contributed by atoms with van der Waals surface area (Å²) in [4.78, 5) is 61.8. The SMILES string of the molecule is Cc1[c-]ccc(C(=O)N[C@H](C(=O)N2CCCC2C(=O)N[C@H](C=O)CC(=O)O)C(C)C)c1.[Y]. The molecule has 0 bridgehead atoms. The van der Waals surface area contributed by atoms with Crippen molar-refractivity contribution in [2.24, 2.45) is 5.92 Å². The molecule has 3 N–H and O–H groups in total. The maximum atomic E-state index is 13.2. The normalized spacial score (nSPS) is 17.1. The van der Waals surface area contributed by atoms with Gasteiger partial charge >= 0.3 is 5.97 Å². The molecule has 1 heterocycles. The third-order valence-electron chi connectivity index (χ3n) is 5.15. The van der Waals surface area contributed by atoms with E-state index in [9.17, 15) is 24.0 Å². The van der Waals surface area contributed by atoms with Gasteiger partial charge in [0.15, 0.2) is 0 Å². The Morgan fingerprint density at radius 1 is 1.28 bits per heavy atom. The van der Waals surface area contributed by atoms with Crippen molar-refractivity contribution in [3.8, 4) is 0 Å². The Bertz CT molecular complexity index is 860. The predicted molar refractivity (Wildman–Crippen MR) is 111 cm³/mol. The molecule has 9 nitrogen and oxygen atoms in total. The molecule has 171 valence electrons. The molecule has 3 atom stereocenters. The number of hydrogen-bond donors (Lipinski definition) is 3. The minimum Gasteiger partial charge on any atom is -0.481 e. The van der Waals surface area contributed by atoms with E-state index < -0.39 is 42.3 Å². The molecule has 0 aliphatic carbocycles. The van der Waals surface area contributed by atoms with Crippen LogP contribution in [0.5, 0.6) is 0 Å². The van der Waals surface area contributed by atoms with Crippen LogP contribution >= 0.6 is 0 Å². The molecule has 1 aromatic rings. The Morgan fingerprint density at radius 2 is 1.97 bits per heavy atom. The molecular formula is C22H28N3O6Y-. The molecule has 10 heteroatoms. The fourth-order valence-electron chi connectivity index (χ4n) is 3.55. The fourth-order valence-corrected chi connectivity index (χ4v) is 3.55. The summed E-state index contributed by atoms with van der Waals surface area (Å²) in [6.07, 6.45) is 0.807. The molecule has 0 spiro atoms. The number of carbonyl (C=O) groups excluding carboxylic acids is 4. The topological polar surface area (TPSA) is 133 Å². The van der Waals surface area contributed by atoms with Crippen LogP contribution in [0.3, 0.4) is 0 Å². The van der Waals surface area contributed by atoms with Gasteiger partial charge < -0.3 is 25.4 Å². The number of aryl methyl sites for hydroxylation is 1. The number of benzene rings is 1. The van der Waals surface area contributed by atoms with Crippen LogP contribution in [0.4, 0.5) is 0 Å². The Kier molecular flexibility index (Phi) is 11.2. The fraction of sp³-hybridized carbons (Fsp3) is 0.500. The van der Waals surface area contributed by atoms with Gasteiger partial charge in [0.05, 0.1) is 12.5 Å². The number of amides is 3. The van der Waals surface area contributed by atoms with Crippen molar-refractivity contribution in [2.45, 2.75) is 58.2 Å². The zero-order valence-electron chi connectivity index (χ0n) is 18.5. The first kappa shape index (κ1) is 27.9. The number of nitrogens with one attached hydrogen (secondary N) is 2. The van der Waals surface area contributed by atoms with Crippen LogP contribution in [-0.2, 0) is 51.9 Å². The summed E-state index contributed by atoms with van der Waals surface area (Å²) in [7, 11) is 0. The van der Waals surface area contributed by atoms with Crippen molar-refractivity contribution in [3.05, 3.63) is 35.4 Å². The van der Waals surface area contributed by atoms with Crippen LogP contribution in [0, 0.1) is 18.9 Å². The van der Waals surface area contributed by atoms with Crippen LogP contribution in [0.25, 0.3) is 0 Å². The maximum Gasteiger partial charge on any atom is 0.305 e. The van der Waals surface area contributed by atoms with Crippen molar-refractivity contribution < 1.29 is 61.8 Å². The maximum absolute atomic E-state index is 13.2. The molecule has 1 saturated heterocycles. The molecule has 1 aliphatic heterocycles. The van der Waals surface area contributed by atoms with E-state index in [0.717, 1.165) is 5.56 Å². The molecule has 1 aromatic carbocycles. The minimum atomic E-state index is -1.21. The molecule has 0 saturated carbocycles. The van der Waals surface area contributed by atoms with E-state index in [1.165, 1.54) is 4.90 Å². The van der Waals surface area contributed by atoms with Gasteiger partial charge in [0.2, 0.25) is 17.7 Å². The summed E-state index contributed by atoms with van der Waals surface area (Å²) in [5, 5.41) is 14.0. The monoisotopic (exact) mass is 519 g/mol. The number of aliphatic carboxylic acids is 1. The smallest absolute Gasteiger partial charge is 0.305 e. The number of nitrogens with zero attached hydrogens (tertiary/aromatic N) is 1. The van der Waals surface area contributed by atoms with Crippen molar-refractivity contribution in [1.82, 2.24) is 15.5 Å². The van der Waals surface area contributed by atoms with Gasteiger partial charge in [-0.05, 0) is 18.8 Å². The number of rotatable bonds is 9. The quantitative estimate of drug-likeness (QED) is 0.325. The van der Waals surface area contributed by atoms with Crippen LogP contribution in [0.1, 0.15) is 49.0 Å². The molecule has 1 aliphatic rings. The third kappa shape index (κ3) is 7.48. The molecule has 1 unspecified atom stereocenters. The van der Waals surface area contributed by atoms with Crippen LogP contribution < -0.4 is 10.6 Å². The largest absolute Gasteiger partial charge is 0.481 e. The standard InChI is InChI=1S/C22H28N3O6.Y/c1-13(2)19(24-20(29)15-7-4-6-14(3)10-15)22(31)25-9-5-8-17(25)21(30)23-16(12-26)11-18(27)28;/h4,7,10,12-13,16-17,19H,5,8-9,11H2,1-3H3,(H,23,30)(H,24,29)(H,27,28);/q-1;/t16-,17?,19-;/m0./s1. The van der Waals surface area contributed by atoms with Gasteiger partial charge in [-0.1, -0.05) is 26.3 Å². The van der Waals surface area contributed by atoms with E-state index in [2.05, 4.69) is 16.7 Å². The summed E-state index contributed by atoms with van der Waals surface area (Å²) in [6.45, 7) is 5.74. The molecule has 32 heavy (non-hydrogen) atoms. The summed E-state index contributed by atoms with van der Waals surface area (Å²) >= 11 is 0. The second-order valence-electron chi connectivity index (χ2n) is 7.99. The predicted octanol–water partition coefficient (Wildman–Crippen LogP) is 0.697. The Morgan fingerprint density at radius 3 is 2.53 bits per heavy atom. The summed E-state index contributed by atoms with van der Waals surface area (Å²) in [5.41, 5.74) is 1.20. The van der Waals surface area contributed by atoms with E-state index in [1.807, 2.05) is 6.92 Å². The van der Waals surface area contributed by atoms with Crippen molar-refractivity contribution in [3.63, 3.8) is 0 Å². The summed E-state index contributed by atoms with van der Waals surface area (Å²) in [6, 6.07) is 5.05. The van der Waals surface area contributed by atoms with Crippen LogP contribution in [0.2, 0.25) is 0 Å². The first-order valence-corrected chi connectivity index (χ1v) is 10.2. The zero-order valence-corrected chi connectivity index (χ0v) is 21.3. The number of aldehydes is 1. The number of carboxylic acids is 1. The third-order valence-corrected chi connectivity index (χ3v) is 5.15. The van der Waals surface area contributed by atoms with Gasteiger partial charge in [-0.2, -0.15) is 29.8 Å². The molecule has 3 amide bonds. The van der Waals surface area contributed by atoms with Crippen molar-refractivity contribution >= 4 is 30.0 Å². The van der Waals surface area contributed by atoms with Gasteiger partial charge in [0.1, 0.15) is 18.4 Å². The van der Waals surface area contributed by atoms with E-state index in [1.54, 1.807) is 32.0 Å². The average molecular weight is 519 g/mol. The molecule has 1 radical (unpaired) electrons. The minimum absolute atomic E-state index is 0. The Balaban J connectivity index is 0.00000512. The molecular weight excluding hydrogens is 491 g/mol. The van der Waals surface area contributed by atoms with E-state index in [-0.39, 0.29) is 44.5 Å². The molecule has 0 aromatic heterocycles. The van der Waals surface area contributed by atoms with Gasteiger partial charge in [-0.3, -0.25) is 19.2 Å². The second kappa shape index (κ2) is 12.8. The zero-order chi connectivity index (χ0) is 23.1. The summed E-state index contributed by atoms with van der Waals surface area (Å²) in [5.74, 6) is -2.81. The Labute approximate surface area is 212 Å². The Hall–Kier alpha value is -2.13. The van der Waals surface area contributed by atoms with E-state index in [4.69, 9.17) is 5.11 Å². The van der Waals surface area contributed by atoms with E-state index >= 15 is 0 Å². The van der Waals surface area contributed by atoms with Crippen LogP contribution in [0.15, 0.2) is 18.2 Å². The van der Waals surface area contributed by atoms with Crippen molar-refractivity contribution in [2.75, 3.05) is 6.54 Å². The van der Waals surface area contributed by atoms with E-state index in [0.29, 0.717) is 31.2 Å². The van der Waals surface area contributed by atoms with Crippen molar-refractivity contribution in [1.29, 1.82) is 0 Å². The van der Waals surface area contributed by atoms with Gasteiger partial charge in [0, 0.05) is 39.3 Å². The van der Waals surface area contributed by atoms with Gasteiger partial charge in [-0.15, -0.1) is 0 Å². The molecule has 2 rings (SSSR count).